The van der Waals surface area contributed by atoms with Gasteiger partial charge in [0.2, 0.25) is 0 Å². The number of halogens is 3. The molecule has 1 atom stereocenters. The standard InChI is InChI=1S/C12H13F3N2/c1-9(17-6-5-16)7-10-3-2-4-11(8-10)12(13,14)15/h2-4,8-9,17H,6-7H2,1H3. The van der Waals surface area contributed by atoms with E-state index in [0.29, 0.717) is 12.0 Å². The number of benzene rings is 1. The van der Waals surface area contributed by atoms with Crippen molar-refractivity contribution in [1.29, 1.82) is 5.26 Å². The predicted octanol–water partition coefficient (Wildman–Crippen LogP) is 2.75. The molecule has 0 aromatic heterocycles. The van der Waals surface area contributed by atoms with Crippen molar-refractivity contribution in [2.75, 3.05) is 6.54 Å². The summed E-state index contributed by atoms with van der Waals surface area (Å²) in [5, 5.41) is 11.3. The maximum absolute atomic E-state index is 12.4. The Morgan fingerprint density at radius 2 is 2.12 bits per heavy atom. The second-order valence-electron chi connectivity index (χ2n) is 3.84. The van der Waals surface area contributed by atoms with E-state index in [-0.39, 0.29) is 12.6 Å². The lowest BCUT2D eigenvalue weighted by Crippen LogP contribution is -2.28. The minimum absolute atomic E-state index is 0.0295. The summed E-state index contributed by atoms with van der Waals surface area (Å²) in [7, 11) is 0. The highest BCUT2D eigenvalue weighted by Gasteiger charge is 2.30. The first-order chi connectivity index (χ1) is 7.93. The third-order valence-electron chi connectivity index (χ3n) is 2.33. The average molecular weight is 242 g/mol. The van der Waals surface area contributed by atoms with Crippen LogP contribution in [0.4, 0.5) is 13.2 Å². The van der Waals surface area contributed by atoms with Crippen LogP contribution in [0.3, 0.4) is 0 Å². The lowest BCUT2D eigenvalue weighted by molar-refractivity contribution is -0.137. The summed E-state index contributed by atoms with van der Waals surface area (Å²) in [6.45, 7) is 2.03. The third-order valence-corrected chi connectivity index (χ3v) is 2.33. The quantitative estimate of drug-likeness (QED) is 0.824. The number of nitrogens with one attached hydrogen (secondary N) is 1. The molecule has 1 unspecified atom stereocenters. The molecule has 0 heterocycles. The maximum Gasteiger partial charge on any atom is 0.416 e. The Morgan fingerprint density at radius 3 is 2.71 bits per heavy atom. The molecule has 1 N–H and O–H groups in total. The number of hydrogen-bond donors (Lipinski definition) is 1. The summed E-state index contributed by atoms with van der Waals surface area (Å²) in [5.74, 6) is 0. The number of hydrogen-bond acceptors (Lipinski definition) is 2. The Labute approximate surface area is 98.1 Å². The van der Waals surface area contributed by atoms with Crippen molar-refractivity contribution < 1.29 is 13.2 Å². The average Bonchev–Trinajstić information content (AvgIpc) is 2.25. The largest absolute Gasteiger partial charge is 0.416 e. The Hall–Kier alpha value is -1.54. The second-order valence-corrected chi connectivity index (χ2v) is 3.84. The van der Waals surface area contributed by atoms with Gasteiger partial charge in [-0.1, -0.05) is 18.2 Å². The molecule has 0 radical (unpaired) electrons. The molecule has 2 nitrogen and oxygen atoms in total. The molecule has 0 aliphatic rings. The molecule has 0 saturated carbocycles. The first kappa shape index (κ1) is 13.5. The van der Waals surface area contributed by atoms with Gasteiger partial charge in [-0.05, 0) is 25.0 Å². The van der Waals surface area contributed by atoms with Gasteiger partial charge in [-0.3, -0.25) is 0 Å². The predicted molar refractivity (Wildman–Crippen MR) is 58.2 cm³/mol. The van der Waals surface area contributed by atoms with Gasteiger partial charge in [0.25, 0.3) is 0 Å². The van der Waals surface area contributed by atoms with Gasteiger partial charge in [-0.15, -0.1) is 0 Å². The van der Waals surface area contributed by atoms with E-state index < -0.39 is 11.7 Å². The van der Waals surface area contributed by atoms with Crippen molar-refractivity contribution in [2.24, 2.45) is 0 Å². The van der Waals surface area contributed by atoms with E-state index in [1.165, 1.54) is 6.07 Å². The lowest BCUT2D eigenvalue weighted by atomic mass is 10.0. The van der Waals surface area contributed by atoms with Crippen LogP contribution in [-0.4, -0.2) is 12.6 Å². The molecule has 92 valence electrons. The fraction of sp³-hybridized carbons (Fsp3) is 0.417. The van der Waals surface area contributed by atoms with E-state index in [1.54, 1.807) is 6.07 Å². The number of nitriles is 1. The van der Waals surface area contributed by atoms with Gasteiger partial charge in [0.1, 0.15) is 0 Å². The van der Waals surface area contributed by atoms with Crippen LogP contribution in [0.15, 0.2) is 24.3 Å². The molecule has 17 heavy (non-hydrogen) atoms. The van der Waals surface area contributed by atoms with Crippen LogP contribution in [-0.2, 0) is 12.6 Å². The zero-order valence-electron chi connectivity index (χ0n) is 9.38. The Morgan fingerprint density at radius 1 is 1.41 bits per heavy atom. The van der Waals surface area contributed by atoms with E-state index in [0.717, 1.165) is 12.1 Å². The number of rotatable bonds is 4. The highest BCUT2D eigenvalue weighted by molar-refractivity contribution is 5.26. The Balaban J connectivity index is 2.70. The highest BCUT2D eigenvalue weighted by Crippen LogP contribution is 2.29. The fourth-order valence-corrected chi connectivity index (χ4v) is 1.52. The van der Waals surface area contributed by atoms with E-state index in [4.69, 9.17) is 5.26 Å². The van der Waals surface area contributed by atoms with Gasteiger partial charge in [0.15, 0.2) is 0 Å². The van der Waals surface area contributed by atoms with Crippen molar-refractivity contribution in [3.63, 3.8) is 0 Å². The van der Waals surface area contributed by atoms with E-state index in [1.807, 2.05) is 13.0 Å². The van der Waals surface area contributed by atoms with Crippen molar-refractivity contribution in [3.8, 4) is 6.07 Å². The monoisotopic (exact) mass is 242 g/mol. The van der Waals surface area contributed by atoms with Crippen LogP contribution in [0.2, 0.25) is 0 Å². The maximum atomic E-state index is 12.4. The van der Waals surface area contributed by atoms with Crippen molar-refractivity contribution in [2.45, 2.75) is 25.6 Å². The Kier molecular flexibility index (Phi) is 4.53. The molecule has 0 spiro atoms. The van der Waals surface area contributed by atoms with Crippen molar-refractivity contribution in [1.82, 2.24) is 5.32 Å². The first-order valence-electron chi connectivity index (χ1n) is 5.20. The van der Waals surface area contributed by atoms with Crippen molar-refractivity contribution >= 4 is 0 Å². The molecule has 0 aliphatic heterocycles. The molecule has 1 rings (SSSR count). The van der Waals surface area contributed by atoms with Crippen LogP contribution >= 0.6 is 0 Å². The molecular weight excluding hydrogens is 229 g/mol. The molecule has 0 bridgehead atoms. The van der Waals surface area contributed by atoms with E-state index in [2.05, 4.69) is 5.32 Å². The van der Waals surface area contributed by atoms with Crippen molar-refractivity contribution in [3.05, 3.63) is 35.4 Å². The minimum Gasteiger partial charge on any atom is -0.302 e. The summed E-state index contributed by atoms with van der Waals surface area (Å²) < 4.78 is 37.3. The molecule has 0 saturated heterocycles. The summed E-state index contributed by atoms with van der Waals surface area (Å²) in [4.78, 5) is 0. The topological polar surface area (TPSA) is 35.8 Å². The fourth-order valence-electron chi connectivity index (χ4n) is 1.52. The molecule has 0 amide bonds. The van der Waals surface area contributed by atoms with Crippen LogP contribution in [0.1, 0.15) is 18.1 Å². The molecule has 5 heteroatoms. The number of alkyl halides is 3. The lowest BCUT2D eigenvalue weighted by Gasteiger charge is -2.13. The highest BCUT2D eigenvalue weighted by atomic mass is 19.4. The minimum atomic E-state index is -4.31. The van der Waals surface area contributed by atoms with Gasteiger partial charge in [-0.2, -0.15) is 18.4 Å². The van der Waals surface area contributed by atoms with Gasteiger partial charge in [-0.25, -0.2) is 0 Å². The zero-order chi connectivity index (χ0) is 12.9. The number of nitrogens with zero attached hydrogens (tertiary/aromatic N) is 1. The summed E-state index contributed by atoms with van der Waals surface area (Å²) in [6, 6.07) is 7.15. The summed E-state index contributed by atoms with van der Waals surface area (Å²) in [6.07, 6.45) is -3.84. The third kappa shape index (κ3) is 4.45. The first-order valence-corrected chi connectivity index (χ1v) is 5.20. The summed E-state index contributed by atoms with van der Waals surface area (Å²) in [5.41, 5.74) is -0.0275. The normalized spacial score (nSPS) is 13.1. The second kappa shape index (κ2) is 5.69. The summed E-state index contributed by atoms with van der Waals surface area (Å²) >= 11 is 0. The van der Waals surface area contributed by atoms with Gasteiger partial charge < -0.3 is 5.32 Å². The van der Waals surface area contributed by atoms with Gasteiger partial charge >= 0.3 is 6.18 Å². The van der Waals surface area contributed by atoms with Gasteiger partial charge in [0, 0.05) is 6.04 Å². The molecule has 1 aromatic rings. The molecular formula is C12H13F3N2. The van der Waals surface area contributed by atoms with Crippen LogP contribution in [0, 0.1) is 11.3 Å². The van der Waals surface area contributed by atoms with Crippen LogP contribution in [0.5, 0.6) is 0 Å². The molecule has 0 aliphatic carbocycles. The smallest absolute Gasteiger partial charge is 0.302 e. The molecule has 0 fully saturated rings. The van der Waals surface area contributed by atoms with E-state index in [9.17, 15) is 13.2 Å². The Bertz CT molecular complexity index is 407. The van der Waals surface area contributed by atoms with Crippen LogP contribution < -0.4 is 5.32 Å². The van der Waals surface area contributed by atoms with E-state index >= 15 is 0 Å². The van der Waals surface area contributed by atoms with Crippen LogP contribution in [0.25, 0.3) is 0 Å². The SMILES string of the molecule is CC(Cc1cccc(C(F)(F)F)c1)NCC#N. The zero-order valence-corrected chi connectivity index (χ0v) is 9.38. The molecule has 1 aromatic carbocycles. The van der Waals surface area contributed by atoms with Gasteiger partial charge in [0.05, 0.1) is 18.2 Å².